The van der Waals surface area contributed by atoms with Crippen LogP contribution in [0.25, 0.3) is 21.7 Å². The third-order valence-corrected chi connectivity index (χ3v) is 4.84. The number of benzene rings is 2. The molecule has 1 fully saturated rings. The molecule has 0 unspecified atom stereocenters. The molecule has 0 spiro atoms. The van der Waals surface area contributed by atoms with E-state index >= 15 is 0 Å². The summed E-state index contributed by atoms with van der Waals surface area (Å²) >= 11 is 0. The van der Waals surface area contributed by atoms with Crippen LogP contribution in [0.2, 0.25) is 0 Å². The molecule has 3 heteroatoms. The van der Waals surface area contributed by atoms with E-state index in [4.69, 9.17) is 4.42 Å². The molecule has 3 aromatic rings. The van der Waals surface area contributed by atoms with Crippen LogP contribution in [0.4, 0.5) is 0 Å². The third kappa shape index (κ3) is 2.72. The summed E-state index contributed by atoms with van der Waals surface area (Å²) in [7, 11) is 0. The standard InChI is InChI=1S/C20H21NO2/c22-19(21-11-5-1-2-6-12-21)13-16-14-23-18-10-9-15-7-3-4-8-17(15)20(16)18/h3-4,7-10,14H,1-2,5-6,11-13H2. The van der Waals surface area contributed by atoms with E-state index in [1.54, 1.807) is 6.26 Å². The highest BCUT2D eigenvalue weighted by Crippen LogP contribution is 2.30. The molecule has 1 amide bonds. The van der Waals surface area contributed by atoms with Crippen molar-refractivity contribution in [3.8, 4) is 0 Å². The Bertz CT molecular complexity index is 841. The SMILES string of the molecule is O=C(Cc1coc2ccc3ccccc3c12)N1CCCCCC1. The molecule has 4 rings (SSSR count). The molecule has 1 aliphatic rings. The van der Waals surface area contributed by atoms with Crippen LogP contribution in [0, 0.1) is 0 Å². The number of rotatable bonds is 2. The second-order valence-corrected chi connectivity index (χ2v) is 6.39. The van der Waals surface area contributed by atoms with Crippen molar-refractivity contribution in [3.63, 3.8) is 0 Å². The maximum Gasteiger partial charge on any atom is 0.227 e. The highest BCUT2D eigenvalue weighted by molar-refractivity contribution is 6.08. The Morgan fingerprint density at radius 1 is 1.00 bits per heavy atom. The van der Waals surface area contributed by atoms with Crippen LogP contribution in [0.3, 0.4) is 0 Å². The van der Waals surface area contributed by atoms with E-state index in [9.17, 15) is 4.79 Å². The Kier molecular flexibility index (Phi) is 3.78. The highest BCUT2D eigenvalue weighted by Gasteiger charge is 2.18. The average Bonchev–Trinajstić information content (AvgIpc) is 2.81. The van der Waals surface area contributed by atoms with Crippen molar-refractivity contribution in [1.29, 1.82) is 0 Å². The zero-order valence-corrected chi connectivity index (χ0v) is 13.3. The van der Waals surface area contributed by atoms with Gasteiger partial charge in [0.25, 0.3) is 0 Å². The second-order valence-electron chi connectivity index (χ2n) is 6.39. The van der Waals surface area contributed by atoms with Crippen molar-refractivity contribution >= 4 is 27.6 Å². The molecule has 0 atom stereocenters. The molecule has 2 aromatic carbocycles. The van der Waals surface area contributed by atoms with Crippen molar-refractivity contribution in [3.05, 3.63) is 48.2 Å². The number of hydrogen-bond donors (Lipinski definition) is 0. The van der Waals surface area contributed by atoms with Gasteiger partial charge in [0.1, 0.15) is 5.58 Å². The lowest BCUT2D eigenvalue weighted by molar-refractivity contribution is -0.130. The Hall–Kier alpha value is -2.29. The molecule has 0 aliphatic carbocycles. The molecule has 0 radical (unpaired) electrons. The van der Waals surface area contributed by atoms with Crippen LogP contribution in [0.15, 0.2) is 47.1 Å². The summed E-state index contributed by atoms with van der Waals surface area (Å²) in [5.41, 5.74) is 1.87. The van der Waals surface area contributed by atoms with Crippen LogP contribution < -0.4 is 0 Å². The van der Waals surface area contributed by atoms with E-state index in [0.717, 1.165) is 47.9 Å². The lowest BCUT2D eigenvalue weighted by Crippen LogP contribution is -2.33. The number of carbonyl (C=O) groups excluding carboxylic acids is 1. The van der Waals surface area contributed by atoms with Gasteiger partial charge in [0.05, 0.1) is 12.7 Å². The zero-order valence-electron chi connectivity index (χ0n) is 13.3. The number of furan rings is 1. The monoisotopic (exact) mass is 307 g/mol. The molecule has 118 valence electrons. The van der Waals surface area contributed by atoms with Gasteiger partial charge in [-0.15, -0.1) is 0 Å². The summed E-state index contributed by atoms with van der Waals surface area (Å²) in [5.74, 6) is 0.225. The number of carbonyl (C=O) groups is 1. The molecular formula is C20H21NO2. The molecule has 1 aliphatic heterocycles. The Morgan fingerprint density at radius 3 is 2.61 bits per heavy atom. The predicted octanol–water partition coefficient (Wildman–Crippen LogP) is 4.53. The molecule has 0 N–H and O–H groups in total. The first kappa shape index (κ1) is 14.3. The first-order valence-corrected chi connectivity index (χ1v) is 8.48. The maximum absolute atomic E-state index is 12.7. The summed E-state index contributed by atoms with van der Waals surface area (Å²) in [6.07, 6.45) is 6.92. The average molecular weight is 307 g/mol. The van der Waals surface area contributed by atoms with Gasteiger partial charge >= 0.3 is 0 Å². The molecule has 23 heavy (non-hydrogen) atoms. The quantitative estimate of drug-likeness (QED) is 0.697. The van der Waals surface area contributed by atoms with Crippen LogP contribution in [-0.4, -0.2) is 23.9 Å². The number of nitrogens with zero attached hydrogens (tertiary/aromatic N) is 1. The predicted molar refractivity (Wildman–Crippen MR) is 92.5 cm³/mol. The number of likely N-dealkylation sites (tertiary alicyclic amines) is 1. The van der Waals surface area contributed by atoms with Gasteiger partial charge in [-0.2, -0.15) is 0 Å². The third-order valence-electron chi connectivity index (χ3n) is 4.84. The van der Waals surface area contributed by atoms with Crippen LogP contribution >= 0.6 is 0 Å². The van der Waals surface area contributed by atoms with Crippen molar-refractivity contribution in [2.75, 3.05) is 13.1 Å². The first-order chi connectivity index (χ1) is 11.3. The normalized spacial score (nSPS) is 15.9. The largest absolute Gasteiger partial charge is 0.464 e. The van der Waals surface area contributed by atoms with Crippen molar-refractivity contribution in [1.82, 2.24) is 4.90 Å². The van der Waals surface area contributed by atoms with E-state index in [1.165, 1.54) is 18.2 Å². The lowest BCUT2D eigenvalue weighted by Gasteiger charge is -2.20. The molecule has 2 heterocycles. The molecular weight excluding hydrogens is 286 g/mol. The van der Waals surface area contributed by atoms with Gasteiger partial charge in [-0.1, -0.05) is 43.2 Å². The summed E-state index contributed by atoms with van der Waals surface area (Å²) in [6.45, 7) is 1.80. The fourth-order valence-corrected chi connectivity index (χ4v) is 3.60. The number of hydrogen-bond acceptors (Lipinski definition) is 2. The Labute approximate surface area is 135 Å². The van der Waals surface area contributed by atoms with E-state index < -0.39 is 0 Å². The van der Waals surface area contributed by atoms with Gasteiger partial charge in [0.2, 0.25) is 5.91 Å². The molecule has 0 bridgehead atoms. The van der Waals surface area contributed by atoms with Crippen molar-refractivity contribution < 1.29 is 9.21 Å². The first-order valence-electron chi connectivity index (χ1n) is 8.48. The van der Waals surface area contributed by atoms with E-state index in [0.29, 0.717) is 6.42 Å². The van der Waals surface area contributed by atoms with Gasteiger partial charge in [-0.05, 0) is 29.7 Å². The Balaban J connectivity index is 1.68. The smallest absolute Gasteiger partial charge is 0.227 e. The fraction of sp³-hybridized carbons (Fsp3) is 0.350. The van der Waals surface area contributed by atoms with Gasteiger partial charge in [0.15, 0.2) is 0 Å². The van der Waals surface area contributed by atoms with Crippen LogP contribution in [0.1, 0.15) is 31.2 Å². The second kappa shape index (κ2) is 6.07. The van der Waals surface area contributed by atoms with Gasteiger partial charge in [-0.25, -0.2) is 0 Å². The number of fused-ring (bicyclic) bond motifs is 3. The highest BCUT2D eigenvalue weighted by atomic mass is 16.3. The van der Waals surface area contributed by atoms with Gasteiger partial charge in [0, 0.05) is 24.0 Å². The van der Waals surface area contributed by atoms with Gasteiger partial charge < -0.3 is 9.32 Å². The fourth-order valence-electron chi connectivity index (χ4n) is 3.60. The molecule has 3 nitrogen and oxygen atoms in total. The minimum atomic E-state index is 0.225. The maximum atomic E-state index is 12.7. The van der Waals surface area contributed by atoms with Gasteiger partial charge in [-0.3, -0.25) is 4.79 Å². The van der Waals surface area contributed by atoms with E-state index in [2.05, 4.69) is 18.2 Å². The Morgan fingerprint density at radius 2 is 1.78 bits per heavy atom. The minimum absolute atomic E-state index is 0.225. The summed E-state index contributed by atoms with van der Waals surface area (Å²) in [5, 5.41) is 3.44. The van der Waals surface area contributed by atoms with Crippen LogP contribution in [-0.2, 0) is 11.2 Å². The molecule has 1 aromatic heterocycles. The van der Waals surface area contributed by atoms with Crippen molar-refractivity contribution in [2.45, 2.75) is 32.1 Å². The van der Waals surface area contributed by atoms with E-state index in [-0.39, 0.29) is 5.91 Å². The lowest BCUT2D eigenvalue weighted by atomic mass is 10.0. The molecule has 1 saturated heterocycles. The van der Waals surface area contributed by atoms with Crippen molar-refractivity contribution in [2.24, 2.45) is 0 Å². The summed E-state index contributed by atoms with van der Waals surface area (Å²) in [4.78, 5) is 14.7. The molecule has 0 saturated carbocycles. The number of amides is 1. The summed E-state index contributed by atoms with van der Waals surface area (Å²) < 4.78 is 5.70. The van der Waals surface area contributed by atoms with E-state index in [1.807, 2.05) is 23.1 Å². The summed E-state index contributed by atoms with van der Waals surface area (Å²) in [6, 6.07) is 12.3. The minimum Gasteiger partial charge on any atom is -0.464 e. The topological polar surface area (TPSA) is 33.5 Å². The zero-order chi connectivity index (χ0) is 15.6. The van der Waals surface area contributed by atoms with Crippen LogP contribution in [0.5, 0.6) is 0 Å².